The van der Waals surface area contributed by atoms with Crippen LogP contribution in [0.25, 0.3) is 32.6 Å². The highest BCUT2D eigenvalue weighted by Crippen LogP contribution is 2.31. The molecule has 2 nitrogen and oxygen atoms in total. The average molecular weight is 203 g/mol. The highest BCUT2D eigenvalue weighted by atomic mass is 14.7. The van der Waals surface area contributed by atoms with E-state index in [4.69, 9.17) is 0 Å². The number of nitrogens with zero attached hydrogens (tertiary/aromatic N) is 2. The standard InChI is InChI=1S/C14H7N2/c1-2-10-6-8-16-12-4-3-11-13(14(10)12)9(1)5-7-15-11/h1-7H. The molecule has 2 aromatic heterocycles. The topological polar surface area (TPSA) is 25.8 Å². The van der Waals surface area contributed by atoms with Crippen LogP contribution in [0, 0.1) is 6.20 Å². The molecular formula is C14H7N2. The molecule has 0 spiro atoms. The number of hydrogen-bond acceptors (Lipinski definition) is 2. The molecule has 0 saturated heterocycles. The molecular weight excluding hydrogens is 196 g/mol. The lowest BCUT2D eigenvalue weighted by Gasteiger charge is -2.07. The van der Waals surface area contributed by atoms with Crippen molar-refractivity contribution in [2.24, 2.45) is 0 Å². The Labute approximate surface area is 91.9 Å². The van der Waals surface area contributed by atoms with Crippen molar-refractivity contribution in [2.45, 2.75) is 0 Å². The van der Waals surface area contributed by atoms with Gasteiger partial charge in [0, 0.05) is 17.0 Å². The minimum absolute atomic E-state index is 0.989. The van der Waals surface area contributed by atoms with Crippen LogP contribution in [0.5, 0.6) is 0 Å². The smallest absolute Gasteiger partial charge is 0.0900 e. The van der Waals surface area contributed by atoms with E-state index in [1.165, 1.54) is 21.5 Å². The highest BCUT2D eigenvalue weighted by molar-refractivity contribution is 6.20. The molecule has 0 unspecified atom stereocenters. The molecule has 2 heterocycles. The predicted octanol–water partition coefficient (Wildman–Crippen LogP) is 3.17. The van der Waals surface area contributed by atoms with Gasteiger partial charge >= 0.3 is 0 Å². The van der Waals surface area contributed by atoms with E-state index in [-0.39, 0.29) is 0 Å². The fourth-order valence-corrected chi connectivity index (χ4v) is 2.34. The van der Waals surface area contributed by atoms with Gasteiger partial charge in [0.05, 0.1) is 17.2 Å². The summed E-state index contributed by atoms with van der Waals surface area (Å²) in [7, 11) is 0. The maximum Gasteiger partial charge on any atom is 0.0900 e. The van der Waals surface area contributed by atoms with Crippen LogP contribution in [0.2, 0.25) is 0 Å². The van der Waals surface area contributed by atoms with Crippen LogP contribution in [-0.2, 0) is 0 Å². The van der Waals surface area contributed by atoms with Crippen LogP contribution in [0.15, 0.2) is 42.6 Å². The number of hydrogen-bond donors (Lipinski definition) is 0. The molecule has 2 aromatic carbocycles. The molecule has 0 aliphatic carbocycles. The van der Waals surface area contributed by atoms with E-state index in [2.05, 4.69) is 28.3 Å². The fourth-order valence-electron chi connectivity index (χ4n) is 2.34. The van der Waals surface area contributed by atoms with Gasteiger partial charge in [0.1, 0.15) is 0 Å². The Morgan fingerprint density at radius 3 is 2.62 bits per heavy atom. The molecule has 73 valence electrons. The molecule has 0 amide bonds. The first kappa shape index (κ1) is 7.99. The van der Waals surface area contributed by atoms with Gasteiger partial charge in [-0.2, -0.15) is 0 Å². The molecule has 0 fully saturated rings. The Morgan fingerprint density at radius 2 is 1.62 bits per heavy atom. The zero-order valence-electron chi connectivity index (χ0n) is 8.44. The van der Waals surface area contributed by atoms with E-state index >= 15 is 0 Å². The third-order valence-corrected chi connectivity index (χ3v) is 3.05. The van der Waals surface area contributed by atoms with Gasteiger partial charge in [-0.05, 0) is 35.0 Å². The Balaban J connectivity index is 2.51. The normalized spacial score (nSPS) is 11.8. The Kier molecular flexibility index (Phi) is 1.33. The van der Waals surface area contributed by atoms with Crippen molar-refractivity contribution < 1.29 is 0 Å². The van der Waals surface area contributed by atoms with Crippen LogP contribution in [0.3, 0.4) is 0 Å². The van der Waals surface area contributed by atoms with Gasteiger partial charge in [0.25, 0.3) is 0 Å². The molecule has 1 radical (unpaired) electrons. The molecule has 0 bridgehead atoms. The van der Waals surface area contributed by atoms with Crippen molar-refractivity contribution in [2.75, 3.05) is 0 Å². The molecule has 4 rings (SSSR count). The Hall–Kier alpha value is -2.22. The highest BCUT2D eigenvalue weighted by Gasteiger charge is 2.07. The summed E-state index contributed by atoms with van der Waals surface area (Å²) in [5.74, 6) is 0. The van der Waals surface area contributed by atoms with E-state index in [0.717, 1.165) is 11.0 Å². The Bertz CT molecular complexity index is 675. The molecule has 2 heteroatoms. The summed E-state index contributed by atoms with van der Waals surface area (Å²) >= 11 is 0. The molecule has 0 saturated carbocycles. The van der Waals surface area contributed by atoms with Gasteiger partial charge in [-0.25, -0.2) is 4.98 Å². The van der Waals surface area contributed by atoms with Gasteiger partial charge in [-0.3, -0.25) is 4.98 Å². The first-order valence-electron chi connectivity index (χ1n) is 5.20. The third kappa shape index (κ3) is 0.865. The van der Waals surface area contributed by atoms with E-state index < -0.39 is 0 Å². The summed E-state index contributed by atoms with van der Waals surface area (Å²) in [6.07, 6.45) is 4.78. The monoisotopic (exact) mass is 203 g/mol. The van der Waals surface area contributed by atoms with Gasteiger partial charge in [0.2, 0.25) is 0 Å². The van der Waals surface area contributed by atoms with E-state index in [0.29, 0.717) is 0 Å². The average Bonchev–Trinajstić information content (AvgIpc) is 2.36. The third-order valence-electron chi connectivity index (χ3n) is 3.05. The molecule has 0 N–H and O–H groups in total. The minimum Gasteiger partial charge on any atom is -0.256 e. The van der Waals surface area contributed by atoms with E-state index in [9.17, 15) is 0 Å². The Morgan fingerprint density at radius 1 is 0.812 bits per heavy atom. The first-order chi connectivity index (χ1) is 7.93. The molecule has 0 aliphatic heterocycles. The minimum atomic E-state index is 0.989. The second kappa shape index (κ2) is 2.67. The van der Waals surface area contributed by atoms with Crippen molar-refractivity contribution in [3.8, 4) is 0 Å². The zero-order chi connectivity index (χ0) is 10.5. The van der Waals surface area contributed by atoms with Crippen molar-refractivity contribution in [1.29, 1.82) is 0 Å². The lowest BCUT2D eigenvalue weighted by molar-refractivity contribution is 1.39. The second-order valence-electron chi connectivity index (χ2n) is 3.93. The van der Waals surface area contributed by atoms with Crippen molar-refractivity contribution in [3.05, 3.63) is 48.8 Å². The fraction of sp³-hybridized carbons (Fsp3) is 0. The number of pyridine rings is 2. The maximum absolute atomic E-state index is 4.40. The molecule has 4 aromatic rings. The summed E-state index contributed by atoms with van der Waals surface area (Å²) in [6, 6.07) is 12.2. The van der Waals surface area contributed by atoms with Gasteiger partial charge < -0.3 is 0 Å². The van der Waals surface area contributed by atoms with Crippen molar-refractivity contribution >= 4 is 32.6 Å². The lowest BCUT2D eigenvalue weighted by Crippen LogP contribution is -1.87. The second-order valence-corrected chi connectivity index (χ2v) is 3.93. The molecule has 0 aliphatic rings. The molecule has 16 heavy (non-hydrogen) atoms. The lowest BCUT2D eigenvalue weighted by atomic mass is 10.00. The number of benzene rings is 2. The largest absolute Gasteiger partial charge is 0.256 e. The van der Waals surface area contributed by atoms with Gasteiger partial charge in [-0.1, -0.05) is 12.1 Å². The predicted molar refractivity (Wildman–Crippen MR) is 64.6 cm³/mol. The molecule has 0 atom stereocenters. The summed E-state index contributed by atoms with van der Waals surface area (Å²) in [5, 5.41) is 4.80. The van der Waals surface area contributed by atoms with Crippen molar-refractivity contribution in [1.82, 2.24) is 9.97 Å². The number of rotatable bonds is 0. The first-order valence-corrected chi connectivity index (χ1v) is 5.20. The summed E-state index contributed by atoms with van der Waals surface area (Å²) in [4.78, 5) is 8.68. The van der Waals surface area contributed by atoms with Crippen LogP contribution < -0.4 is 0 Å². The van der Waals surface area contributed by atoms with Crippen LogP contribution in [0.1, 0.15) is 0 Å². The van der Waals surface area contributed by atoms with Crippen LogP contribution >= 0.6 is 0 Å². The number of aromatic nitrogens is 2. The summed E-state index contributed by atoms with van der Waals surface area (Å²) in [5.41, 5.74) is 2.02. The van der Waals surface area contributed by atoms with Crippen LogP contribution in [-0.4, -0.2) is 9.97 Å². The van der Waals surface area contributed by atoms with E-state index in [1.54, 1.807) is 0 Å². The SMILES string of the molecule is [c]1cc2ccc3ccnc4ccc(n1)c2c34. The van der Waals surface area contributed by atoms with Gasteiger partial charge in [-0.15, -0.1) is 0 Å². The maximum atomic E-state index is 4.40. The summed E-state index contributed by atoms with van der Waals surface area (Å²) in [6.45, 7) is 0. The quantitative estimate of drug-likeness (QED) is 0.410. The van der Waals surface area contributed by atoms with Crippen molar-refractivity contribution in [3.63, 3.8) is 0 Å². The van der Waals surface area contributed by atoms with E-state index in [1.807, 2.05) is 30.5 Å². The van der Waals surface area contributed by atoms with Gasteiger partial charge in [0.15, 0.2) is 0 Å². The van der Waals surface area contributed by atoms with Crippen LogP contribution in [0.4, 0.5) is 0 Å². The zero-order valence-corrected chi connectivity index (χ0v) is 8.44. The summed E-state index contributed by atoms with van der Waals surface area (Å²) < 4.78 is 0.